The number of Topliss-reactive ketones (excluding diaryl/α,β-unsaturated/α-hetero) is 1. The minimum absolute atomic E-state index is 0.138. The molecule has 5 heteroatoms. The molecular weight excluding hydrogens is 332 g/mol. The molecule has 2 heterocycles. The van der Waals surface area contributed by atoms with Crippen LogP contribution in [0.5, 0.6) is 0 Å². The van der Waals surface area contributed by atoms with Gasteiger partial charge in [0.2, 0.25) is 0 Å². The van der Waals surface area contributed by atoms with Crippen LogP contribution < -0.4 is 0 Å². The van der Waals surface area contributed by atoms with E-state index in [1.54, 1.807) is 26.2 Å². The first-order valence-electron chi connectivity index (χ1n) is 9.45. The molecular formula is C21H26O5. The predicted octanol–water partition coefficient (Wildman–Crippen LogP) is 3.79. The van der Waals surface area contributed by atoms with E-state index in [4.69, 9.17) is 9.47 Å². The van der Waals surface area contributed by atoms with Crippen LogP contribution in [-0.2, 0) is 23.9 Å². The van der Waals surface area contributed by atoms with Crippen LogP contribution in [0.3, 0.4) is 0 Å². The molecule has 1 aliphatic carbocycles. The van der Waals surface area contributed by atoms with Gasteiger partial charge < -0.3 is 9.47 Å². The zero-order valence-electron chi connectivity index (χ0n) is 15.7. The van der Waals surface area contributed by atoms with E-state index < -0.39 is 23.4 Å². The highest BCUT2D eigenvalue weighted by Gasteiger charge is 2.62. The molecule has 0 bridgehead atoms. The van der Waals surface area contributed by atoms with Crippen LogP contribution in [0, 0.1) is 11.8 Å². The molecule has 3 aliphatic rings. The predicted molar refractivity (Wildman–Crippen MR) is 95.9 cm³/mol. The number of unbranched alkanes of at least 4 members (excludes halogenated alkanes) is 4. The Hall–Kier alpha value is -2.17. The second kappa shape index (κ2) is 7.22. The van der Waals surface area contributed by atoms with Gasteiger partial charge in [-0.3, -0.25) is 14.4 Å². The quantitative estimate of drug-likeness (QED) is 0.393. The normalized spacial score (nSPS) is 29.7. The van der Waals surface area contributed by atoms with Crippen molar-refractivity contribution in [1.82, 2.24) is 0 Å². The number of ketones is 2. The van der Waals surface area contributed by atoms with E-state index in [0.29, 0.717) is 23.3 Å². The Morgan fingerprint density at radius 3 is 2.62 bits per heavy atom. The smallest absolute Gasteiger partial charge is 0.318 e. The fourth-order valence-corrected chi connectivity index (χ4v) is 4.07. The Kier molecular flexibility index (Phi) is 5.17. The number of carbonyl (C=O) groups is 3. The molecule has 3 rings (SSSR count). The molecule has 0 N–H and O–H groups in total. The van der Waals surface area contributed by atoms with E-state index in [0.717, 1.165) is 32.1 Å². The average molecular weight is 358 g/mol. The fourth-order valence-electron chi connectivity index (χ4n) is 4.07. The van der Waals surface area contributed by atoms with Crippen LogP contribution in [0.15, 0.2) is 35.3 Å². The van der Waals surface area contributed by atoms with E-state index in [2.05, 4.69) is 6.92 Å². The van der Waals surface area contributed by atoms with Gasteiger partial charge in [0.05, 0.1) is 12.2 Å². The number of fused-ring (bicyclic) bond motifs is 3. The Labute approximate surface area is 154 Å². The third-order valence-electron chi connectivity index (χ3n) is 5.54. The van der Waals surface area contributed by atoms with Crippen molar-refractivity contribution in [2.75, 3.05) is 0 Å². The van der Waals surface area contributed by atoms with Crippen molar-refractivity contribution in [3.63, 3.8) is 0 Å². The number of allylic oxidation sites excluding steroid dienone is 3. The molecule has 0 saturated carbocycles. The van der Waals surface area contributed by atoms with Crippen LogP contribution >= 0.6 is 0 Å². The van der Waals surface area contributed by atoms with Gasteiger partial charge in [-0.25, -0.2) is 0 Å². The molecule has 0 unspecified atom stereocenters. The Morgan fingerprint density at radius 1 is 1.15 bits per heavy atom. The summed E-state index contributed by atoms with van der Waals surface area (Å²) in [7, 11) is 0. The molecule has 0 aromatic rings. The van der Waals surface area contributed by atoms with E-state index in [9.17, 15) is 14.4 Å². The summed E-state index contributed by atoms with van der Waals surface area (Å²) in [6.07, 6.45) is 10.3. The fraction of sp³-hybridized carbons (Fsp3) is 0.571. The summed E-state index contributed by atoms with van der Waals surface area (Å²) in [5.74, 6) is -1.88. The second-order valence-corrected chi connectivity index (χ2v) is 7.52. The van der Waals surface area contributed by atoms with Gasteiger partial charge in [0, 0.05) is 12.0 Å². The summed E-state index contributed by atoms with van der Waals surface area (Å²) in [6, 6.07) is 0. The molecule has 0 aromatic carbocycles. The van der Waals surface area contributed by atoms with Crippen LogP contribution in [0.2, 0.25) is 0 Å². The summed E-state index contributed by atoms with van der Waals surface area (Å²) in [5, 5.41) is 0. The molecule has 0 aromatic heterocycles. The third kappa shape index (κ3) is 3.15. The lowest BCUT2D eigenvalue weighted by Gasteiger charge is -2.35. The zero-order valence-corrected chi connectivity index (χ0v) is 15.7. The first-order chi connectivity index (χ1) is 12.4. The largest absolute Gasteiger partial charge is 0.469 e. The van der Waals surface area contributed by atoms with E-state index in [1.165, 1.54) is 6.08 Å². The Morgan fingerprint density at radius 2 is 1.88 bits per heavy atom. The van der Waals surface area contributed by atoms with Crippen molar-refractivity contribution in [3.8, 4) is 0 Å². The summed E-state index contributed by atoms with van der Waals surface area (Å²) in [6.45, 7) is 5.54. The molecule has 0 amide bonds. The van der Waals surface area contributed by atoms with Gasteiger partial charge in [0.15, 0.2) is 11.4 Å². The van der Waals surface area contributed by atoms with Gasteiger partial charge >= 0.3 is 5.97 Å². The number of hydrogen-bond donors (Lipinski definition) is 0. The summed E-state index contributed by atoms with van der Waals surface area (Å²) < 4.78 is 10.9. The Bertz CT molecular complexity index is 727. The van der Waals surface area contributed by atoms with Crippen LogP contribution in [0.25, 0.3) is 0 Å². The molecule has 0 radical (unpaired) electrons. The van der Waals surface area contributed by atoms with Crippen molar-refractivity contribution in [3.05, 3.63) is 35.3 Å². The second-order valence-electron chi connectivity index (χ2n) is 7.52. The number of rotatable bonds is 7. The molecule has 2 aliphatic heterocycles. The maximum Gasteiger partial charge on any atom is 0.318 e. The highest BCUT2D eigenvalue weighted by molar-refractivity contribution is 6.09. The van der Waals surface area contributed by atoms with Gasteiger partial charge in [0.1, 0.15) is 17.5 Å². The average Bonchev–Trinajstić information content (AvgIpc) is 2.86. The van der Waals surface area contributed by atoms with Crippen molar-refractivity contribution < 1.29 is 23.9 Å². The monoisotopic (exact) mass is 358 g/mol. The summed E-state index contributed by atoms with van der Waals surface area (Å²) >= 11 is 0. The number of ether oxygens (including phenoxy) is 2. The van der Waals surface area contributed by atoms with Crippen LogP contribution in [-0.4, -0.2) is 23.1 Å². The molecule has 1 fully saturated rings. The lowest BCUT2D eigenvalue weighted by atomic mass is 9.67. The molecule has 3 atom stereocenters. The number of hydrogen-bond acceptors (Lipinski definition) is 5. The van der Waals surface area contributed by atoms with Crippen molar-refractivity contribution in [1.29, 1.82) is 0 Å². The molecule has 0 spiro atoms. The molecule has 5 nitrogen and oxygen atoms in total. The van der Waals surface area contributed by atoms with Crippen LogP contribution in [0.4, 0.5) is 0 Å². The van der Waals surface area contributed by atoms with Gasteiger partial charge in [-0.05, 0) is 38.0 Å². The van der Waals surface area contributed by atoms with Crippen molar-refractivity contribution >= 4 is 17.5 Å². The van der Waals surface area contributed by atoms with E-state index in [-0.39, 0.29) is 11.6 Å². The van der Waals surface area contributed by atoms with Gasteiger partial charge in [-0.15, -0.1) is 0 Å². The third-order valence-corrected chi connectivity index (χ3v) is 5.54. The highest BCUT2D eigenvalue weighted by atomic mass is 16.6. The maximum absolute atomic E-state index is 12.8. The number of carbonyl (C=O) groups excluding carboxylic acids is 3. The van der Waals surface area contributed by atoms with Gasteiger partial charge in [0.25, 0.3) is 0 Å². The maximum atomic E-state index is 12.8. The van der Waals surface area contributed by atoms with Crippen molar-refractivity contribution in [2.24, 2.45) is 11.8 Å². The van der Waals surface area contributed by atoms with Gasteiger partial charge in [-0.1, -0.05) is 32.6 Å². The standard InChI is InChI=1S/C21H26O5/c1-4-5-6-7-8-9-16(22)18-19-15-12-25-13(2)10-14(15)11-17(23)21(19,3)26-20(18)24/h10-12,18-19H,4-9H2,1-3H3/t18-,19-,21-/m0/s1. The highest BCUT2D eigenvalue weighted by Crippen LogP contribution is 2.49. The van der Waals surface area contributed by atoms with E-state index in [1.807, 2.05) is 0 Å². The summed E-state index contributed by atoms with van der Waals surface area (Å²) in [5.41, 5.74) is 0.0883. The van der Waals surface area contributed by atoms with Crippen molar-refractivity contribution in [2.45, 2.75) is 64.9 Å². The number of esters is 1. The lowest BCUT2D eigenvalue weighted by molar-refractivity contribution is -0.156. The van der Waals surface area contributed by atoms with Gasteiger partial charge in [-0.2, -0.15) is 0 Å². The minimum atomic E-state index is -1.32. The molecule has 1 saturated heterocycles. The Balaban J connectivity index is 1.82. The molecule has 140 valence electrons. The zero-order chi connectivity index (χ0) is 18.9. The lowest BCUT2D eigenvalue weighted by Crippen LogP contribution is -2.46. The summed E-state index contributed by atoms with van der Waals surface area (Å²) in [4.78, 5) is 38.0. The first kappa shape index (κ1) is 18.6. The molecule has 26 heavy (non-hydrogen) atoms. The van der Waals surface area contributed by atoms with E-state index >= 15 is 0 Å². The van der Waals surface area contributed by atoms with Crippen LogP contribution in [0.1, 0.15) is 59.3 Å². The first-order valence-corrected chi connectivity index (χ1v) is 9.45. The SMILES string of the molecule is CCCCCCCC(=O)[C@@H]1C(=O)O[C@@]2(C)C(=O)C=C3C=C(C)OC=C3[C@@H]12. The minimum Gasteiger partial charge on any atom is -0.469 e. The topological polar surface area (TPSA) is 69.7 Å².